The number of aliphatic carboxylic acids is 1. The van der Waals surface area contributed by atoms with E-state index in [1.165, 1.54) is 135 Å². The highest BCUT2D eigenvalue weighted by Crippen LogP contribution is 2.27. The molecular formula is C67H116O12. The summed E-state index contributed by atoms with van der Waals surface area (Å²) in [5, 5.41) is 31.6. The lowest BCUT2D eigenvalue weighted by atomic mass is 9.98. The van der Waals surface area contributed by atoms with Crippen LogP contribution in [0.25, 0.3) is 0 Å². The predicted octanol–water partition coefficient (Wildman–Crippen LogP) is 17.1. The number of hydrogen-bond acceptors (Lipinski definition) is 11. The number of ether oxygens (including phenoxy) is 5. The van der Waals surface area contributed by atoms with Crippen molar-refractivity contribution >= 4 is 23.9 Å². The predicted molar refractivity (Wildman–Crippen MR) is 322 cm³/mol. The number of allylic oxidation sites excluding steroid dienone is 10. The molecule has 1 aliphatic heterocycles. The van der Waals surface area contributed by atoms with Gasteiger partial charge in [-0.25, -0.2) is 4.79 Å². The molecule has 6 unspecified atom stereocenters. The maximum absolute atomic E-state index is 13.1. The van der Waals surface area contributed by atoms with Crippen LogP contribution in [-0.4, -0.2) is 89.2 Å². The summed E-state index contributed by atoms with van der Waals surface area (Å²) in [6, 6.07) is 0. The maximum Gasteiger partial charge on any atom is 0.335 e. The highest BCUT2D eigenvalue weighted by Gasteiger charge is 2.50. The average molecular weight is 1110 g/mol. The third-order valence-electron chi connectivity index (χ3n) is 14.5. The summed E-state index contributed by atoms with van der Waals surface area (Å²) in [6.07, 6.45) is 56.1. The van der Waals surface area contributed by atoms with E-state index in [0.29, 0.717) is 19.3 Å². The SMILES string of the molecule is CC/C=C\C/C=C\C/C=C\CCCCCC(=O)OC(COC(=O)CCCCCCCCC/C=C\CCCCCCCC)COC1OC(C(=O)O)C(O)C(O)C1OC(=O)CCCCCCCCCCC/C=C\CCCCCCCC. The second kappa shape index (κ2) is 55.0. The molecule has 3 N–H and O–H groups in total. The minimum atomic E-state index is -1.91. The molecule has 12 heteroatoms. The van der Waals surface area contributed by atoms with Gasteiger partial charge in [0.05, 0.1) is 6.61 Å². The Kier molecular flexibility index (Phi) is 51.1. The van der Waals surface area contributed by atoms with Gasteiger partial charge in [0.1, 0.15) is 18.8 Å². The van der Waals surface area contributed by atoms with Gasteiger partial charge < -0.3 is 39.0 Å². The Balaban J connectivity index is 2.65. The summed E-state index contributed by atoms with van der Waals surface area (Å²) in [7, 11) is 0. The minimum absolute atomic E-state index is 0.0546. The lowest BCUT2D eigenvalue weighted by Gasteiger charge is -2.40. The molecule has 1 fully saturated rings. The Hall–Kier alpha value is -3.58. The standard InChI is InChI=1S/C67H116O12/c1-4-7-10-13-16-19-22-25-27-29-30-32-34-37-40-43-46-49-52-55-61(70)78-65-63(72)62(71)64(66(73)74)79-67(65)76-57-58(77-60(69)54-51-48-45-42-39-35-24-21-18-15-12-9-6-3)56-75-59(68)53-50-47-44-41-38-36-33-31-28-26-23-20-17-14-11-8-5-2/h9,12,18,21,25-28,35,39,58,62-65,67,71-72H,4-8,10-11,13-17,19-20,22-24,29-34,36-38,40-57H2,1-3H3,(H,73,74)/b12-9-,21-18-,27-25-,28-26-,39-35-. The van der Waals surface area contributed by atoms with Crippen LogP contribution in [-0.2, 0) is 42.9 Å². The van der Waals surface area contributed by atoms with Gasteiger partial charge in [0.2, 0.25) is 0 Å². The van der Waals surface area contributed by atoms with Crippen LogP contribution >= 0.6 is 0 Å². The van der Waals surface area contributed by atoms with E-state index in [4.69, 9.17) is 23.7 Å². The molecule has 1 aliphatic rings. The van der Waals surface area contributed by atoms with E-state index in [9.17, 15) is 34.5 Å². The molecule has 0 aromatic rings. The fourth-order valence-corrected chi connectivity index (χ4v) is 9.61. The van der Waals surface area contributed by atoms with Gasteiger partial charge in [-0.05, 0) is 103 Å². The fourth-order valence-electron chi connectivity index (χ4n) is 9.61. The summed E-state index contributed by atoms with van der Waals surface area (Å²) >= 11 is 0. The van der Waals surface area contributed by atoms with E-state index < -0.39 is 67.3 Å². The van der Waals surface area contributed by atoms with Crippen LogP contribution in [0, 0.1) is 0 Å². The first-order chi connectivity index (χ1) is 38.6. The Bertz CT molecular complexity index is 1600. The molecule has 1 saturated heterocycles. The number of carbonyl (C=O) groups excluding carboxylic acids is 3. The van der Waals surface area contributed by atoms with E-state index in [-0.39, 0.29) is 25.9 Å². The number of aliphatic hydroxyl groups is 2. The third-order valence-corrected chi connectivity index (χ3v) is 14.5. The van der Waals surface area contributed by atoms with Gasteiger partial charge >= 0.3 is 23.9 Å². The van der Waals surface area contributed by atoms with E-state index in [0.717, 1.165) is 96.3 Å². The third kappa shape index (κ3) is 44.7. The molecule has 12 nitrogen and oxygen atoms in total. The highest BCUT2D eigenvalue weighted by molar-refractivity contribution is 5.74. The molecule has 1 rings (SSSR count). The summed E-state index contributed by atoms with van der Waals surface area (Å²) in [5.74, 6) is -3.15. The van der Waals surface area contributed by atoms with Crippen molar-refractivity contribution in [3.63, 3.8) is 0 Å². The van der Waals surface area contributed by atoms with Crippen LogP contribution in [0.15, 0.2) is 60.8 Å². The molecule has 0 aromatic heterocycles. The maximum atomic E-state index is 13.1. The monoisotopic (exact) mass is 1110 g/mol. The zero-order valence-electron chi connectivity index (χ0n) is 50.4. The van der Waals surface area contributed by atoms with Crippen molar-refractivity contribution in [1.29, 1.82) is 0 Å². The number of carbonyl (C=O) groups is 4. The highest BCUT2D eigenvalue weighted by atomic mass is 16.7. The van der Waals surface area contributed by atoms with Gasteiger partial charge in [-0.15, -0.1) is 0 Å². The van der Waals surface area contributed by atoms with Crippen molar-refractivity contribution in [3.8, 4) is 0 Å². The zero-order chi connectivity index (χ0) is 57.5. The molecule has 0 aromatic carbocycles. The summed E-state index contributed by atoms with van der Waals surface area (Å²) in [4.78, 5) is 51.3. The molecule has 0 aliphatic carbocycles. The molecule has 0 radical (unpaired) electrons. The summed E-state index contributed by atoms with van der Waals surface area (Å²) in [5.41, 5.74) is 0. The molecule has 0 bridgehead atoms. The molecule has 0 saturated carbocycles. The van der Waals surface area contributed by atoms with Gasteiger partial charge in [-0.2, -0.15) is 0 Å². The Morgan fingerprint density at radius 3 is 1.24 bits per heavy atom. The molecular weight excluding hydrogens is 997 g/mol. The zero-order valence-corrected chi connectivity index (χ0v) is 50.4. The number of unbranched alkanes of at least 4 members (excludes halogenated alkanes) is 31. The van der Waals surface area contributed by atoms with Crippen LogP contribution in [0.4, 0.5) is 0 Å². The van der Waals surface area contributed by atoms with Crippen molar-refractivity contribution in [3.05, 3.63) is 60.8 Å². The average Bonchev–Trinajstić information content (AvgIpc) is 3.43. The molecule has 79 heavy (non-hydrogen) atoms. The van der Waals surface area contributed by atoms with Crippen LogP contribution in [0.2, 0.25) is 0 Å². The van der Waals surface area contributed by atoms with Crippen molar-refractivity contribution in [2.45, 2.75) is 327 Å². The number of carboxylic acid groups (broad SMARTS) is 1. The van der Waals surface area contributed by atoms with Gasteiger partial charge in [-0.1, -0.05) is 229 Å². The number of carboxylic acids is 1. The molecule has 456 valence electrons. The number of aliphatic hydroxyl groups excluding tert-OH is 2. The van der Waals surface area contributed by atoms with Crippen molar-refractivity contribution < 1.29 is 58.2 Å². The largest absolute Gasteiger partial charge is 0.479 e. The van der Waals surface area contributed by atoms with Crippen molar-refractivity contribution in [1.82, 2.24) is 0 Å². The smallest absolute Gasteiger partial charge is 0.335 e. The van der Waals surface area contributed by atoms with E-state index >= 15 is 0 Å². The normalized spacial score (nSPS) is 18.2. The van der Waals surface area contributed by atoms with Crippen LogP contribution in [0.1, 0.15) is 290 Å². The van der Waals surface area contributed by atoms with E-state index in [1.807, 2.05) is 0 Å². The second-order valence-electron chi connectivity index (χ2n) is 22.0. The fraction of sp³-hybridized carbons (Fsp3) is 0.791. The van der Waals surface area contributed by atoms with Gasteiger partial charge in [0.15, 0.2) is 24.6 Å². The lowest BCUT2D eigenvalue weighted by molar-refractivity contribution is -0.301. The number of hydrogen-bond donors (Lipinski definition) is 3. The lowest BCUT2D eigenvalue weighted by Crippen LogP contribution is -2.61. The van der Waals surface area contributed by atoms with Crippen LogP contribution in [0.5, 0.6) is 0 Å². The quantitative estimate of drug-likeness (QED) is 0.0228. The van der Waals surface area contributed by atoms with E-state index in [2.05, 4.69) is 81.5 Å². The second-order valence-corrected chi connectivity index (χ2v) is 22.0. The molecule has 0 amide bonds. The van der Waals surface area contributed by atoms with Gasteiger partial charge in [-0.3, -0.25) is 14.4 Å². The van der Waals surface area contributed by atoms with Crippen molar-refractivity contribution in [2.75, 3.05) is 13.2 Å². The molecule has 0 spiro atoms. The number of esters is 3. The Labute approximate surface area is 481 Å². The van der Waals surface area contributed by atoms with Crippen LogP contribution in [0.3, 0.4) is 0 Å². The van der Waals surface area contributed by atoms with Gasteiger partial charge in [0.25, 0.3) is 0 Å². The summed E-state index contributed by atoms with van der Waals surface area (Å²) < 4.78 is 28.5. The van der Waals surface area contributed by atoms with Gasteiger partial charge in [0, 0.05) is 19.3 Å². The number of rotatable bonds is 55. The van der Waals surface area contributed by atoms with E-state index in [1.54, 1.807) is 0 Å². The Morgan fingerprint density at radius 1 is 0.430 bits per heavy atom. The first-order valence-electron chi connectivity index (χ1n) is 32.3. The topological polar surface area (TPSA) is 175 Å². The first kappa shape index (κ1) is 73.4. The molecule has 6 atom stereocenters. The summed E-state index contributed by atoms with van der Waals surface area (Å²) in [6.45, 7) is 5.87. The minimum Gasteiger partial charge on any atom is -0.479 e. The Morgan fingerprint density at radius 2 is 0.797 bits per heavy atom. The molecule has 1 heterocycles. The first-order valence-corrected chi connectivity index (χ1v) is 32.3. The van der Waals surface area contributed by atoms with Crippen molar-refractivity contribution in [2.24, 2.45) is 0 Å². The van der Waals surface area contributed by atoms with Crippen LogP contribution < -0.4 is 0 Å².